The van der Waals surface area contributed by atoms with Gasteiger partial charge in [-0.15, -0.1) is 11.3 Å². The number of aromatic nitrogens is 1. The van der Waals surface area contributed by atoms with Crippen LogP contribution < -0.4 is 10.6 Å². The van der Waals surface area contributed by atoms with E-state index in [-0.39, 0.29) is 23.4 Å². The second kappa shape index (κ2) is 5.59. The number of nitrogens with zero attached hydrogens (tertiary/aromatic N) is 1. The van der Waals surface area contributed by atoms with E-state index in [0.29, 0.717) is 0 Å². The van der Waals surface area contributed by atoms with Crippen molar-refractivity contribution in [3.63, 3.8) is 0 Å². The zero-order chi connectivity index (χ0) is 14.0. The van der Waals surface area contributed by atoms with Crippen LogP contribution in [0.2, 0.25) is 0 Å². The van der Waals surface area contributed by atoms with Gasteiger partial charge in [-0.05, 0) is 26.3 Å². The Kier molecular flexibility index (Phi) is 4.26. The first-order chi connectivity index (χ1) is 8.88. The van der Waals surface area contributed by atoms with Crippen molar-refractivity contribution in [2.45, 2.75) is 58.0 Å². The smallest absolute Gasteiger partial charge is 0.237 e. The fourth-order valence-electron chi connectivity index (χ4n) is 2.12. The van der Waals surface area contributed by atoms with Crippen molar-refractivity contribution in [3.8, 4) is 0 Å². The Morgan fingerprint density at radius 2 is 2.32 bits per heavy atom. The van der Waals surface area contributed by atoms with Crippen molar-refractivity contribution >= 4 is 17.2 Å². The third-order valence-electron chi connectivity index (χ3n) is 3.40. The third-order valence-corrected chi connectivity index (χ3v) is 4.42. The number of carbonyl (C=O) groups excluding carboxylic acids is 1. The van der Waals surface area contributed by atoms with Crippen LogP contribution in [0.25, 0.3) is 0 Å². The van der Waals surface area contributed by atoms with Gasteiger partial charge in [-0.1, -0.05) is 20.8 Å². The first kappa shape index (κ1) is 14.5. The molecule has 1 aromatic rings. The Morgan fingerprint density at radius 3 is 2.84 bits per heavy atom. The number of amides is 1. The van der Waals surface area contributed by atoms with Crippen molar-refractivity contribution in [2.24, 2.45) is 0 Å². The van der Waals surface area contributed by atoms with Crippen molar-refractivity contribution in [2.75, 3.05) is 6.54 Å². The molecule has 2 N–H and O–H groups in total. The Morgan fingerprint density at radius 1 is 1.58 bits per heavy atom. The topological polar surface area (TPSA) is 54.0 Å². The third kappa shape index (κ3) is 3.54. The summed E-state index contributed by atoms with van der Waals surface area (Å²) >= 11 is 1.62. The molecule has 0 bridgehead atoms. The first-order valence-corrected chi connectivity index (χ1v) is 7.75. The standard InChI is InChI=1S/C14H23N3OS/c1-9(16-12(18)10-6-5-7-15-10)13-17-11(8-19-13)14(2,3)4/h8-10,15H,5-7H2,1-4H3,(H,16,18). The van der Waals surface area contributed by atoms with E-state index < -0.39 is 0 Å². The molecule has 4 nitrogen and oxygen atoms in total. The van der Waals surface area contributed by atoms with Crippen LogP contribution in [-0.4, -0.2) is 23.5 Å². The lowest BCUT2D eigenvalue weighted by atomic mass is 9.93. The molecule has 2 atom stereocenters. The van der Waals surface area contributed by atoms with E-state index in [9.17, 15) is 4.79 Å². The second-order valence-corrected chi connectivity index (χ2v) is 7.09. The van der Waals surface area contributed by atoms with E-state index in [0.717, 1.165) is 30.1 Å². The van der Waals surface area contributed by atoms with Gasteiger partial charge in [0, 0.05) is 10.8 Å². The van der Waals surface area contributed by atoms with Crippen LogP contribution in [0.1, 0.15) is 57.3 Å². The highest BCUT2D eigenvalue weighted by molar-refractivity contribution is 7.09. The summed E-state index contributed by atoms with van der Waals surface area (Å²) in [6.07, 6.45) is 2.02. The van der Waals surface area contributed by atoms with Gasteiger partial charge in [0.1, 0.15) is 5.01 Å². The predicted octanol–water partition coefficient (Wildman–Crippen LogP) is 2.37. The Balaban J connectivity index is 1.97. The van der Waals surface area contributed by atoms with Crippen LogP contribution in [-0.2, 0) is 10.2 Å². The lowest BCUT2D eigenvalue weighted by Crippen LogP contribution is -2.41. The highest BCUT2D eigenvalue weighted by Crippen LogP contribution is 2.26. The quantitative estimate of drug-likeness (QED) is 0.894. The summed E-state index contributed by atoms with van der Waals surface area (Å²) in [4.78, 5) is 16.7. The summed E-state index contributed by atoms with van der Waals surface area (Å²) in [5.41, 5.74) is 1.15. The molecule has 0 radical (unpaired) electrons. The SMILES string of the molecule is CC(NC(=O)C1CCCN1)c1nc(C(C)(C)C)cs1. The number of hydrogen-bond acceptors (Lipinski definition) is 4. The molecule has 0 saturated carbocycles. The number of rotatable bonds is 3. The van der Waals surface area contributed by atoms with Crippen LogP contribution in [0.5, 0.6) is 0 Å². The fourth-order valence-corrected chi connectivity index (χ4v) is 3.17. The normalized spacial score (nSPS) is 21.4. The molecule has 0 aromatic carbocycles. The zero-order valence-corrected chi connectivity index (χ0v) is 12.9. The van der Waals surface area contributed by atoms with E-state index in [1.54, 1.807) is 11.3 Å². The first-order valence-electron chi connectivity index (χ1n) is 6.87. The Labute approximate surface area is 119 Å². The maximum absolute atomic E-state index is 12.0. The molecule has 106 valence electrons. The van der Waals surface area contributed by atoms with Crippen LogP contribution >= 0.6 is 11.3 Å². The maximum atomic E-state index is 12.0. The molecule has 1 aromatic heterocycles. The van der Waals surface area contributed by atoms with E-state index in [4.69, 9.17) is 0 Å². The van der Waals surface area contributed by atoms with Gasteiger partial charge in [0.15, 0.2) is 0 Å². The number of nitrogens with one attached hydrogen (secondary N) is 2. The van der Waals surface area contributed by atoms with E-state index in [1.165, 1.54) is 0 Å². The summed E-state index contributed by atoms with van der Waals surface area (Å²) in [5.74, 6) is 0.0949. The molecule has 0 spiro atoms. The Hall–Kier alpha value is -0.940. The number of carbonyl (C=O) groups is 1. The maximum Gasteiger partial charge on any atom is 0.237 e. The van der Waals surface area contributed by atoms with Crippen molar-refractivity contribution in [1.82, 2.24) is 15.6 Å². The van der Waals surface area contributed by atoms with Gasteiger partial charge in [-0.25, -0.2) is 4.98 Å². The second-order valence-electron chi connectivity index (χ2n) is 6.20. The van der Waals surface area contributed by atoms with Crippen LogP contribution in [0.15, 0.2) is 5.38 Å². The summed E-state index contributed by atoms with van der Waals surface area (Å²) in [5, 5.41) is 9.33. The minimum absolute atomic E-state index is 0.0176. The predicted molar refractivity (Wildman–Crippen MR) is 78.4 cm³/mol. The molecular weight excluding hydrogens is 258 g/mol. The van der Waals surface area contributed by atoms with Gasteiger partial charge in [0.2, 0.25) is 5.91 Å². The molecule has 5 heteroatoms. The van der Waals surface area contributed by atoms with Crippen molar-refractivity contribution in [3.05, 3.63) is 16.1 Å². The molecule has 1 saturated heterocycles. The average molecular weight is 281 g/mol. The summed E-state index contributed by atoms with van der Waals surface area (Å²) in [6, 6.07) is -0.0412. The molecule has 2 rings (SSSR count). The largest absolute Gasteiger partial charge is 0.346 e. The van der Waals surface area contributed by atoms with E-state index in [2.05, 4.69) is 41.8 Å². The summed E-state index contributed by atoms with van der Waals surface area (Å²) in [6.45, 7) is 9.39. The number of thiazole rings is 1. The van der Waals surface area contributed by atoms with Crippen LogP contribution in [0, 0.1) is 0 Å². The number of hydrogen-bond donors (Lipinski definition) is 2. The van der Waals surface area contributed by atoms with Crippen LogP contribution in [0.3, 0.4) is 0 Å². The monoisotopic (exact) mass is 281 g/mol. The summed E-state index contributed by atoms with van der Waals surface area (Å²) < 4.78 is 0. The molecule has 1 amide bonds. The molecule has 0 aliphatic carbocycles. The lowest BCUT2D eigenvalue weighted by Gasteiger charge is -2.16. The minimum atomic E-state index is -0.0236. The highest BCUT2D eigenvalue weighted by Gasteiger charge is 2.25. The van der Waals surface area contributed by atoms with Crippen LogP contribution in [0.4, 0.5) is 0 Å². The zero-order valence-electron chi connectivity index (χ0n) is 12.1. The molecule has 1 aliphatic rings. The van der Waals surface area contributed by atoms with Gasteiger partial charge in [-0.2, -0.15) is 0 Å². The molecule has 2 heterocycles. The highest BCUT2D eigenvalue weighted by atomic mass is 32.1. The van der Waals surface area contributed by atoms with Gasteiger partial charge < -0.3 is 10.6 Å². The minimum Gasteiger partial charge on any atom is -0.346 e. The van der Waals surface area contributed by atoms with Crippen molar-refractivity contribution in [1.29, 1.82) is 0 Å². The molecule has 2 unspecified atom stereocenters. The van der Waals surface area contributed by atoms with E-state index in [1.807, 2.05) is 6.92 Å². The average Bonchev–Trinajstić information content (AvgIpc) is 3.00. The molecule has 1 fully saturated rings. The van der Waals surface area contributed by atoms with Crippen molar-refractivity contribution < 1.29 is 4.79 Å². The Bertz CT molecular complexity index is 444. The fraction of sp³-hybridized carbons (Fsp3) is 0.714. The van der Waals surface area contributed by atoms with Gasteiger partial charge in [0.05, 0.1) is 17.8 Å². The summed E-state index contributed by atoms with van der Waals surface area (Å²) in [7, 11) is 0. The van der Waals surface area contributed by atoms with Gasteiger partial charge in [-0.3, -0.25) is 4.79 Å². The molecular formula is C14H23N3OS. The van der Waals surface area contributed by atoms with Gasteiger partial charge >= 0.3 is 0 Å². The molecule has 1 aliphatic heterocycles. The van der Waals surface area contributed by atoms with E-state index >= 15 is 0 Å². The molecule has 19 heavy (non-hydrogen) atoms. The lowest BCUT2D eigenvalue weighted by molar-refractivity contribution is -0.123. The van der Waals surface area contributed by atoms with Gasteiger partial charge in [0.25, 0.3) is 0 Å².